The molecule has 0 aliphatic rings. The first kappa shape index (κ1) is 24.2. The van der Waals surface area contributed by atoms with Crippen molar-refractivity contribution in [3.63, 3.8) is 0 Å². The van der Waals surface area contributed by atoms with Crippen LogP contribution in [0.5, 0.6) is 0 Å². The van der Waals surface area contributed by atoms with Gasteiger partial charge in [0.05, 0.1) is 11.6 Å². The molecule has 0 aliphatic carbocycles. The van der Waals surface area contributed by atoms with Gasteiger partial charge in [0.15, 0.2) is 0 Å². The third kappa shape index (κ3) is 7.01. The van der Waals surface area contributed by atoms with Crippen molar-refractivity contribution < 1.29 is 4.39 Å². The van der Waals surface area contributed by atoms with Crippen molar-refractivity contribution in [1.82, 2.24) is 24.7 Å². The average Bonchev–Trinajstić information content (AvgIpc) is 3.30. The molecule has 2 heterocycles. The lowest BCUT2D eigenvalue weighted by atomic mass is 10.2. The van der Waals surface area contributed by atoms with Crippen LogP contribution < -0.4 is 16.0 Å². The summed E-state index contributed by atoms with van der Waals surface area (Å²) in [7, 11) is 0. The molecule has 0 amide bonds. The number of hydrogen-bond acceptors (Lipinski definition) is 5. The van der Waals surface area contributed by atoms with E-state index in [9.17, 15) is 4.39 Å². The van der Waals surface area contributed by atoms with Crippen molar-refractivity contribution in [1.29, 1.82) is 0 Å². The number of aryl methyl sites for hydroxylation is 2. The Labute approximate surface area is 211 Å². The second-order valence-electron chi connectivity index (χ2n) is 7.53. The van der Waals surface area contributed by atoms with Crippen LogP contribution in [0.25, 0.3) is 0 Å². The number of rotatable bonds is 5. The van der Waals surface area contributed by atoms with Gasteiger partial charge >= 0.3 is 0 Å². The molecule has 0 radical (unpaired) electrons. The highest BCUT2D eigenvalue weighted by molar-refractivity contribution is 7.80. The van der Waals surface area contributed by atoms with E-state index in [0.717, 1.165) is 22.6 Å². The minimum atomic E-state index is -0.519. The van der Waals surface area contributed by atoms with E-state index in [0.29, 0.717) is 24.1 Å². The lowest BCUT2D eigenvalue weighted by Gasteiger charge is -2.14. The number of nitrogens with zero attached hydrogens (tertiary/aromatic N) is 6. The number of guanidine groups is 1. The highest BCUT2D eigenvalue weighted by Gasteiger charge is 2.09. The molecule has 9 nitrogen and oxygen atoms in total. The van der Waals surface area contributed by atoms with Gasteiger partial charge < -0.3 is 10.6 Å². The van der Waals surface area contributed by atoms with Crippen LogP contribution in [0.2, 0.25) is 5.02 Å². The van der Waals surface area contributed by atoms with E-state index in [1.807, 2.05) is 44.2 Å². The summed E-state index contributed by atoms with van der Waals surface area (Å²) in [6.07, 6.45) is 3.16. The first-order chi connectivity index (χ1) is 16.8. The van der Waals surface area contributed by atoms with E-state index >= 15 is 0 Å². The van der Waals surface area contributed by atoms with Crippen molar-refractivity contribution in [3.05, 3.63) is 89.0 Å². The van der Waals surface area contributed by atoms with Crippen LogP contribution in [0.15, 0.2) is 66.2 Å². The number of anilines is 3. The number of thiocarbonyl (C=S) groups is 1. The summed E-state index contributed by atoms with van der Waals surface area (Å²) < 4.78 is 15.2. The fourth-order valence-corrected chi connectivity index (χ4v) is 3.52. The smallest absolute Gasteiger partial charge is 0.229 e. The number of nitrogens with one attached hydrogen (secondary N) is 3. The van der Waals surface area contributed by atoms with Crippen molar-refractivity contribution >= 4 is 52.2 Å². The molecule has 4 aromatic rings. The van der Waals surface area contributed by atoms with E-state index in [2.05, 4.69) is 41.0 Å². The minimum absolute atomic E-state index is 0.0205. The summed E-state index contributed by atoms with van der Waals surface area (Å²) in [6.45, 7) is 4.36. The molecule has 0 saturated carbocycles. The maximum atomic E-state index is 13.5. The van der Waals surface area contributed by atoms with Crippen LogP contribution in [0.3, 0.4) is 0 Å². The van der Waals surface area contributed by atoms with Crippen LogP contribution in [0, 0.1) is 19.7 Å². The third-order valence-electron chi connectivity index (χ3n) is 4.62. The van der Waals surface area contributed by atoms with Gasteiger partial charge in [-0.1, -0.05) is 23.7 Å². The fourth-order valence-electron chi connectivity index (χ4n) is 3.13. The maximum absolute atomic E-state index is 13.5. The summed E-state index contributed by atoms with van der Waals surface area (Å²) >= 11 is 11.2. The number of halogens is 2. The summed E-state index contributed by atoms with van der Waals surface area (Å²) in [4.78, 5) is 17.2. The van der Waals surface area contributed by atoms with E-state index < -0.39 is 5.82 Å². The Morgan fingerprint density at radius 3 is 2.37 bits per heavy atom. The molecule has 0 unspecified atom stereocenters. The van der Waals surface area contributed by atoms with Crippen molar-refractivity contribution in [3.8, 4) is 0 Å². The summed E-state index contributed by atoms with van der Waals surface area (Å²) in [5.74, 6) is 0.142. The molecule has 0 saturated heterocycles. The normalized spacial score (nSPS) is 11.3. The van der Waals surface area contributed by atoms with Crippen molar-refractivity contribution in [2.45, 2.75) is 20.4 Å². The zero-order chi connectivity index (χ0) is 24.8. The Hall–Kier alpha value is -3.96. The third-order valence-corrected chi connectivity index (χ3v) is 5.11. The average molecular weight is 510 g/mol. The standard InChI is InChI=1S/C23H21ClFN9S/c1-14-9-15(2)29-21(28-14)32-22(33-23(35)31-18-7-8-20(25)19(24)10-18)30-17-5-3-16(4-6-17)11-34-13-26-12-27-34/h3-10,12-13H,11H2,1-2H3,(H3,28,29,30,31,32,33,35). The molecule has 2 aromatic heterocycles. The van der Waals surface area contributed by atoms with E-state index in [4.69, 9.17) is 23.8 Å². The fraction of sp³-hybridized carbons (Fsp3) is 0.130. The minimum Gasteiger partial charge on any atom is -0.331 e. The molecule has 178 valence electrons. The molecule has 0 spiro atoms. The molecular weight excluding hydrogens is 489 g/mol. The Bertz CT molecular complexity index is 1340. The first-order valence-corrected chi connectivity index (χ1v) is 11.2. The van der Waals surface area contributed by atoms with E-state index in [1.54, 1.807) is 11.0 Å². The molecule has 0 atom stereocenters. The van der Waals surface area contributed by atoms with Gasteiger partial charge in [0.1, 0.15) is 18.5 Å². The molecule has 12 heteroatoms. The van der Waals surface area contributed by atoms with Crippen LogP contribution in [0.4, 0.5) is 21.7 Å². The van der Waals surface area contributed by atoms with Crippen molar-refractivity contribution in [2.75, 3.05) is 16.0 Å². The second-order valence-corrected chi connectivity index (χ2v) is 8.33. The SMILES string of the molecule is Cc1cc(C)nc(N/C(=N/C(=S)Nc2ccc(F)c(Cl)c2)Nc2ccc(Cn3cncn3)cc2)n1. The topological polar surface area (TPSA) is 105 Å². The summed E-state index contributed by atoms with van der Waals surface area (Å²) in [5, 5.41) is 13.4. The number of aromatic nitrogens is 5. The van der Waals surface area contributed by atoms with Gasteiger partial charge in [-0.3, -0.25) is 5.32 Å². The molecule has 4 rings (SSSR count). The molecule has 2 aromatic carbocycles. The molecule has 35 heavy (non-hydrogen) atoms. The number of aliphatic imine (C=N–C) groups is 1. The summed E-state index contributed by atoms with van der Waals surface area (Å²) in [5.41, 5.74) is 3.92. The molecule has 0 fully saturated rings. The number of hydrogen-bond donors (Lipinski definition) is 3. The Balaban J connectivity index is 1.54. The van der Waals surface area contributed by atoms with Gasteiger partial charge in [-0.05, 0) is 68.0 Å². The molecular formula is C23H21ClFN9S. The predicted molar refractivity (Wildman–Crippen MR) is 139 cm³/mol. The lowest BCUT2D eigenvalue weighted by molar-refractivity contribution is 0.628. The van der Waals surface area contributed by atoms with Crippen LogP contribution in [0.1, 0.15) is 17.0 Å². The Kier molecular flexibility index (Phi) is 7.58. The zero-order valence-electron chi connectivity index (χ0n) is 18.8. The van der Waals surface area contributed by atoms with Crippen molar-refractivity contribution in [2.24, 2.45) is 4.99 Å². The number of benzene rings is 2. The maximum Gasteiger partial charge on any atom is 0.229 e. The van der Waals surface area contributed by atoms with Crippen LogP contribution >= 0.6 is 23.8 Å². The monoisotopic (exact) mass is 509 g/mol. The Morgan fingerprint density at radius 1 is 1.00 bits per heavy atom. The van der Waals surface area contributed by atoms with Gasteiger partial charge in [-0.25, -0.2) is 24.0 Å². The van der Waals surface area contributed by atoms with Gasteiger partial charge in [0.25, 0.3) is 0 Å². The molecule has 0 bridgehead atoms. The summed E-state index contributed by atoms with van der Waals surface area (Å²) in [6, 6.07) is 13.8. The predicted octanol–water partition coefficient (Wildman–Crippen LogP) is 4.80. The molecule has 0 aliphatic heterocycles. The zero-order valence-corrected chi connectivity index (χ0v) is 20.4. The first-order valence-electron chi connectivity index (χ1n) is 10.5. The van der Waals surface area contributed by atoms with Gasteiger partial charge in [0, 0.05) is 22.8 Å². The van der Waals surface area contributed by atoms with Gasteiger partial charge in [0.2, 0.25) is 17.0 Å². The molecule has 3 N–H and O–H groups in total. The van der Waals surface area contributed by atoms with Gasteiger partial charge in [-0.15, -0.1) is 0 Å². The highest BCUT2D eigenvalue weighted by atomic mass is 35.5. The van der Waals surface area contributed by atoms with E-state index in [-0.39, 0.29) is 10.1 Å². The van der Waals surface area contributed by atoms with Crippen LogP contribution in [-0.4, -0.2) is 35.8 Å². The largest absolute Gasteiger partial charge is 0.331 e. The van der Waals surface area contributed by atoms with E-state index in [1.165, 1.54) is 24.5 Å². The van der Waals surface area contributed by atoms with Gasteiger partial charge in [-0.2, -0.15) is 10.1 Å². The lowest BCUT2D eigenvalue weighted by Crippen LogP contribution is -2.26. The quantitative estimate of drug-likeness (QED) is 0.200. The highest BCUT2D eigenvalue weighted by Crippen LogP contribution is 2.19. The van der Waals surface area contributed by atoms with Crippen LogP contribution in [-0.2, 0) is 6.54 Å². The Morgan fingerprint density at radius 2 is 1.71 bits per heavy atom. The second kappa shape index (κ2) is 11.0.